The third kappa shape index (κ3) is 4.20. The van der Waals surface area contributed by atoms with E-state index < -0.39 is 0 Å². The minimum atomic E-state index is 0.0396. The van der Waals surface area contributed by atoms with Gasteiger partial charge >= 0.3 is 0 Å². The summed E-state index contributed by atoms with van der Waals surface area (Å²) in [6.45, 7) is 7.85. The fourth-order valence-corrected chi connectivity index (χ4v) is 3.84. The van der Waals surface area contributed by atoms with Crippen LogP contribution < -0.4 is 5.32 Å². The zero-order chi connectivity index (χ0) is 18.5. The van der Waals surface area contributed by atoms with Gasteiger partial charge in [-0.2, -0.15) is 0 Å². The highest BCUT2D eigenvalue weighted by atomic mass is 32.1. The molecular formula is C20H25N3O2S. The van der Waals surface area contributed by atoms with Crippen LogP contribution in [0.1, 0.15) is 31.2 Å². The number of rotatable bonds is 8. The lowest BCUT2D eigenvalue weighted by atomic mass is 9.99. The van der Waals surface area contributed by atoms with Crippen LogP contribution in [0, 0.1) is 6.92 Å². The molecule has 0 unspecified atom stereocenters. The van der Waals surface area contributed by atoms with Crippen LogP contribution in [0.4, 0.5) is 5.82 Å². The van der Waals surface area contributed by atoms with E-state index in [-0.39, 0.29) is 6.61 Å². The molecule has 26 heavy (non-hydrogen) atoms. The molecule has 2 heterocycles. The van der Waals surface area contributed by atoms with Gasteiger partial charge in [-0.15, -0.1) is 11.3 Å². The lowest BCUT2D eigenvalue weighted by Gasteiger charge is -2.10. The molecule has 3 rings (SSSR count). The topological polar surface area (TPSA) is 67.3 Å². The van der Waals surface area contributed by atoms with Gasteiger partial charge in [0.2, 0.25) is 0 Å². The molecule has 0 radical (unpaired) electrons. The molecule has 0 fully saturated rings. The Kier molecular flexibility index (Phi) is 6.19. The van der Waals surface area contributed by atoms with Crippen molar-refractivity contribution in [3.05, 3.63) is 41.0 Å². The van der Waals surface area contributed by atoms with Crippen molar-refractivity contribution >= 4 is 27.4 Å². The van der Waals surface area contributed by atoms with Crippen molar-refractivity contribution in [2.45, 2.75) is 26.7 Å². The van der Waals surface area contributed by atoms with Crippen LogP contribution >= 0.6 is 11.3 Å². The molecule has 3 aromatic rings. The van der Waals surface area contributed by atoms with E-state index in [0.717, 1.165) is 27.4 Å². The Bertz CT molecular complexity index is 859. The van der Waals surface area contributed by atoms with Crippen LogP contribution in [0.5, 0.6) is 0 Å². The summed E-state index contributed by atoms with van der Waals surface area (Å²) in [5, 5.41) is 15.4. The summed E-state index contributed by atoms with van der Waals surface area (Å²) < 4.78 is 5.33. The van der Waals surface area contributed by atoms with Gasteiger partial charge in [0, 0.05) is 17.5 Å². The van der Waals surface area contributed by atoms with Gasteiger partial charge in [0.1, 0.15) is 16.5 Å². The number of anilines is 1. The molecule has 2 N–H and O–H groups in total. The first-order valence-electron chi connectivity index (χ1n) is 8.88. The fraction of sp³-hybridized carbons (Fsp3) is 0.400. The van der Waals surface area contributed by atoms with Crippen LogP contribution in [-0.2, 0) is 4.74 Å². The Labute approximate surface area is 158 Å². The number of benzene rings is 1. The number of fused-ring (bicyclic) bond motifs is 1. The fourth-order valence-electron chi connectivity index (χ4n) is 2.84. The number of hydrogen-bond donors (Lipinski definition) is 2. The number of nitrogens with one attached hydrogen (secondary N) is 1. The number of nitrogens with zero attached hydrogens (tertiary/aromatic N) is 2. The van der Waals surface area contributed by atoms with E-state index in [1.54, 1.807) is 11.3 Å². The molecule has 138 valence electrons. The molecule has 0 aliphatic carbocycles. The maximum absolute atomic E-state index is 8.78. The van der Waals surface area contributed by atoms with Crippen molar-refractivity contribution in [1.82, 2.24) is 9.97 Å². The van der Waals surface area contributed by atoms with Crippen LogP contribution in [-0.4, -0.2) is 41.4 Å². The summed E-state index contributed by atoms with van der Waals surface area (Å²) in [5.74, 6) is 2.11. The second-order valence-corrected chi connectivity index (χ2v) is 7.35. The molecule has 2 aromatic heterocycles. The van der Waals surface area contributed by atoms with Crippen molar-refractivity contribution in [2.24, 2.45) is 0 Å². The van der Waals surface area contributed by atoms with Gasteiger partial charge in [-0.05, 0) is 24.0 Å². The van der Waals surface area contributed by atoms with Gasteiger partial charge in [-0.1, -0.05) is 38.1 Å². The van der Waals surface area contributed by atoms with Gasteiger partial charge in [0.25, 0.3) is 0 Å². The van der Waals surface area contributed by atoms with Crippen molar-refractivity contribution in [2.75, 3.05) is 31.7 Å². The molecule has 5 nitrogen and oxygen atoms in total. The van der Waals surface area contributed by atoms with Crippen molar-refractivity contribution < 1.29 is 9.84 Å². The molecule has 0 atom stereocenters. The van der Waals surface area contributed by atoms with Crippen molar-refractivity contribution in [1.29, 1.82) is 0 Å². The SMILES string of the molecule is Cc1nc(NCCOCCO)c2c(-c3ccc(C(C)C)cc3)csc2n1. The second kappa shape index (κ2) is 8.58. The third-order valence-corrected chi connectivity index (χ3v) is 5.08. The quantitative estimate of drug-likeness (QED) is 0.581. The Morgan fingerprint density at radius 1 is 1.15 bits per heavy atom. The van der Waals surface area contributed by atoms with Crippen LogP contribution in [0.2, 0.25) is 0 Å². The monoisotopic (exact) mass is 371 g/mol. The predicted octanol–water partition coefficient (Wildman–Crippen LogP) is 4.21. The normalized spacial score (nSPS) is 11.4. The van der Waals surface area contributed by atoms with Crippen molar-refractivity contribution in [3.8, 4) is 11.1 Å². The van der Waals surface area contributed by atoms with Gasteiger partial charge < -0.3 is 15.2 Å². The van der Waals surface area contributed by atoms with E-state index in [2.05, 4.69) is 58.8 Å². The largest absolute Gasteiger partial charge is 0.394 e. The summed E-state index contributed by atoms with van der Waals surface area (Å²) in [4.78, 5) is 10.2. The highest BCUT2D eigenvalue weighted by molar-refractivity contribution is 7.17. The van der Waals surface area contributed by atoms with E-state index in [0.29, 0.717) is 25.7 Å². The lowest BCUT2D eigenvalue weighted by molar-refractivity contribution is 0.0992. The third-order valence-electron chi connectivity index (χ3n) is 4.21. The first-order valence-corrected chi connectivity index (χ1v) is 9.76. The van der Waals surface area contributed by atoms with Crippen molar-refractivity contribution in [3.63, 3.8) is 0 Å². The average Bonchev–Trinajstić information content (AvgIpc) is 3.05. The van der Waals surface area contributed by atoms with Crippen LogP contribution in [0.15, 0.2) is 29.6 Å². The van der Waals surface area contributed by atoms with Crippen LogP contribution in [0.25, 0.3) is 21.3 Å². The van der Waals surface area contributed by atoms with Gasteiger partial charge in [0.05, 0.1) is 25.2 Å². The molecule has 0 aliphatic heterocycles. The molecule has 0 spiro atoms. The number of aryl methyl sites for hydroxylation is 1. The van der Waals surface area contributed by atoms with Gasteiger partial charge in [-0.25, -0.2) is 9.97 Å². The summed E-state index contributed by atoms with van der Waals surface area (Å²) in [7, 11) is 0. The number of ether oxygens (including phenoxy) is 1. The van der Waals surface area contributed by atoms with E-state index in [9.17, 15) is 0 Å². The maximum Gasteiger partial charge on any atom is 0.139 e. The number of aliphatic hydroxyl groups is 1. The molecule has 0 bridgehead atoms. The number of thiophene rings is 1. The zero-order valence-electron chi connectivity index (χ0n) is 15.5. The molecule has 0 saturated carbocycles. The highest BCUT2D eigenvalue weighted by Crippen LogP contribution is 2.37. The Balaban J connectivity index is 1.91. The van der Waals surface area contributed by atoms with E-state index in [1.807, 2.05) is 6.92 Å². The number of aliphatic hydroxyl groups excluding tert-OH is 1. The summed E-state index contributed by atoms with van der Waals surface area (Å²) in [6, 6.07) is 8.72. The molecule has 0 aliphatic rings. The highest BCUT2D eigenvalue weighted by Gasteiger charge is 2.14. The van der Waals surface area contributed by atoms with E-state index >= 15 is 0 Å². The Morgan fingerprint density at radius 3 is 2.62 bits per heavy atom. The first-order chi connectivity index (χ1) is 12.6. The predicted molar refractivity (Wildman–Crippen MR) is 108 cm³/mol. The minimum Gasteiger partial charge on any atom is -0.394 e. The van der Waals surface area contributed by atoms with Gasteiger partial charge in [0.15, 0.2) is 0 Å². The Morgan fingerprint density at radius 2 is 1.92 bits per heavy atom. The Hall–Kier alpha value is -2.02. The van der Waals surface area contributed by atoms with E-state index in [1.165, 1.54) is 11.1 Å². The molecular weight excluding hydrogens is 346 g/mol. The van der Waals surface area contributed by atoms with E-state index in [4.69, 9.17) is 9.84 Å². The summed E-state index contributed by atoms with van der Waals surface area (Å²) >= 11 is 1.64. The second-order valence-electron chi connectivity index (χ2n) is 6.49. The molecule has 6 heteroatoms. The first kappa shape index (κ1) is 18.8. The summed E-state index contributed by atoms with van der Waals surface area (Å²) in [6.07, 6.45) is 0. The lowest BCUT2D eigenvalue weighted by Crippen LogP contribution is -2.12. The van der Waals surface area contributed by atoms with Gasteiger partial charge in [-0.3, -0.25) is 0 Å². The van der Waals surface area contributed by atoms with Crippen LogP contribution in [0.3, 0.4) is 0 Å². The zero-order valence-corrected chi connectivity index (χ0v) is 16.3. The summed E-state index contributed by atoms with van der Waals surface area (Å²) in [5.41, 5.74) is 3.66. The molecule has 0 saturated heterocycles. The minimum absolute atomic E-state index is 0.0396. The molecule has 0 amide bonds. The number of aromatic nitrogens is 2. The average molecular weight is 372 g/mol. The standard InChI is InChI=1S/C20H25N3O2S/c1-13(2)15-4-6-16(7-5-15)17-12-26-20-18(17)19(22-14(3)23-20)21-8-10-25-11-9-24/h4-7,12-13,24H,8-11H2,1-3H3,(H,21,22,23). The molecule has 1 aromatic carbocycles. The maximum atomic E-state index is 8.78. The smallest absolute Gasteiger partial charge is 0.139 e. The number of hydrogen-bond acceptors (Lipinski definition) is 6.